The Balaban J connectivity index is 4.58. The van der Waals surface area contributed by atoms with Crippen molar-refractivity contribution in [3.8, 4) is 0 Å². The van der Waals surface area contributed by atoms with Crippen molar-refractivity contribution >= 4 is 5.97 Å². The first-order valence-corrected chi connectivity index (χ1v) is 6.29. The smallest absolute Gasteiger partial charge is 0.338 e. The number of esters is 1. The van der Waals surface area contributed by atoms with E-state index in [1.54, 1.807) is 13.8 Å². The lowest BCUT2D eigenvalue weighted by molar-refractivity contribution is -0.170. The Hall–Kier alpha value is -0.570. The maximum Gasteiger partial charge on any atom is 0.338 e. The zero-order chi connectivity index (χ0) is 12.8. The molecule has 0 aromatic rings. The second-order valence-corrected chi connectivity index (χ2v) is 4.72. The quantitative estimate of drug-likeness (QED) is 0.684. The summed E-state index contributed by atoms with van der Waals surface area (Å²) < 4.78 is 4.92. The first-order chi connectivity index (χ1) is 7.39. The number of aliphatic hydroxyl groups is 1. The Kier molecular flexibility index (Phi) is 6.65. The standard InChI is InChI=1S/C13H26O3/c1-6-10(4)9-11(7-2)13(5,15)12(14)16-8-3/h10-11,15H,6-9H2,1-5H3. The predicted octanol–water partition coefficient (Wildman–Crippen LogP) is 2.76. The Bertz CT molecular complexity index is 211. The molecule has 3 atom stereocenters. The summed E-state index contributed by atoms with van der Waals surface area (Å²) in [5.41, 5.74) is -1.35. The topological polar surface area (TPSA) is 46.5 Å². The molecule has 0 aliphatic rings. The van der Waals surface area contributed by atoms with Gasteiger partial charge in [0.05, 0.1) is 6.61 Å². The van der Waals surface area contributed by atoms with Gasteiger partial charge in [0.1, 0.15) is 0 Å². The van der Waals surface area contributed by atoms with Crippen molar-refractivity contribution in [2.24, 2.45) is 11.8 Å². The van der Waals surface area contributed by atoms with E-state index in [1.165, 1.54) is 0 Å². The Labute approximate surface area is 99.2 Å². The Morgan fingerprint density at radius 2 is 1.88 bits per heavy atom. The Morgan fingerprint density at radius 1 is 1.31 bits per heavy atom. The molecule has 0 radical (unpaired) electrons. The van der Waals surface area contributed by atoms with Crippen LogP contribution in [0.25, 0.3) is 0 Å². The molecule has 16 heavy (non-hydrogen) atoms. The summed E-state index contributed by atoms with van der Waals surface area (Å²) in [6.07, 6.45) is 2.71. The third-order valence-electron chi connectivity index (χ3n) is 3.36. The van der Waals surface area contributed by atoms with Crippen molar-refractivity contribution < 1.29 is 14.6 Å². The number of hydrogen-bond donors (Lipinski definition) is 1. The molecular weight excluding hydrogens is 204 g/mol. The van der Waals surface area contributed by atoms with Gasteiger partial charge in [-0.25, -0.2) is 4.79 Å². The van der Waals surface area contributed by atoms with Crippen LogP contribution >= 0.6 is 0 Å². The minimum Gasteiger partial charge on any atom is -0.464 e. The van der Waals surface area contributed by atoms with Gasteiger partial charge in [-0.05, 0) is 38.5 Å². The highest BCUT2D eigenvalue weighted by molar-refractivity contribution is 5.79. The third-order valence-corrected chi connectivity index (χ3v) is 3.36. The van der Waals surface area contributed by atoms with E-state index >= 15 is 0 Å². The second kappa shape index (κ2) is 6.89. The van der Waals surface area contributed by atoms with Crippen LogP contribution in [0.3, 0.4) is 0 Å². The SMILES string of the molecule is CCOC(=O)C(C)(O)C(CC)CC(C)CC. The fourth-order valence-electron chi connectivity index (χ4n) is 1.89. The number of carbonyl (C=O) groups excluding carboxylic acids is 1. The lowest BCUT2D eigenvalue weighted by Gasteiger charge is -2.31. The van der Waals surface area contributed by atoms with E-state index in [2.05, 4.69) is 13.8 Å². The van der Waals surface area contributed by atoms with Gasteiger partial charge in [-0.15, -0.1) is 0 Å². The van der Waals surface area contributed by atoms with Gasteiger partial charge in [-0.2, -0.15) is 0 Å². The molecule has 3 heteroatoms. The molecule has 1 N–H and O–H groups in total. The molecule has 0 aromatic carbocycles. The lowest BCUT2D eigenvalue weighted by Crippen LogP contribution is -2.44. The summed E-state index contributed by atoms with van der Waals surface area (Å²) in [7, 11) is 0. The van der Waals surface area contributed by atoms with E-state index in [0.717, 1.165) is 19.3 Å². The average Bonchev–Trinajstić information content (AvgIpc) is 2.25. The van der Waals surface area contributed by atoms with Gasteiger partial charge in [0.2, 0.25) is 0 Å². The first-order valence-electron chi connectivity index (χ1n) is 6.29. The molecule has 0 spiro atoms. The molecule has 0 rings (SSSR count). The van der Waals surface area contributed by atoms with Crippen LogP contribution in [0.5, 0.6) is 0 Å². The molecule has 0 aliphatic carbocycles. The molecule has 0 aliphatic heterocycles. The zero-order valence-electron chi connectivity index (χ0n) is 11.2. The lowest BCUT2D eigenvalue weighted by atomic mass is 9.80. The summed E-state index contributed by atoms with van der Waals surface area (Å²) in [6, 6.07) is 0. The van der Waals surface area contributed by atoms with Gasteiger partial charge in [-0.3, -0.25) is 0 Å². The van der Waals surface area contributed by atoms with Crippen LogP contribution < -0.4 is 0 Å². The van der Waals surface area contributed by atoms with Crippen LogP contribution in [0.15, 0.2) is 0 Å². The van der Waals surface area contributed by atoms with E-state index in [4.69, 9.17) is 4.74 Å². The highest BCUT2D eigenvalue weighted by Gasteiger charge is 2.39. The molecule has 0 saturated carbocycles. The van der Waals surface area contributed by atoms with Crippen LogP contribution in [0.2, 0.25) is 0 Å². The highest BCUT2D eigenvalue weighted by atomic mass is 16.5. The van der Waals surface area contributed by atoms with E-state index in [1.807, 2.05) is 6.92 Å². The molecule has 96 valence electrons. The van der Waals surface area contributed by atoms with Gasteiger partial charge < -0.3 is 9.84 Å². The van der Waals surface area contributed by atoms with Crippen LogP contribution in [0.4, 0.5) is 0 Å². The Morgan fingerprint density at radius 3 is 2.25 bits per heavy atom. The number of rotatable bonds is 7. The third kappa shape index (κ3) is 4.12. The van der Waals surface area contributed by atoms with Gasteiger partial charge >= 0.3 is 5.97 Å². The summed E-state index contributed by atoms with van der Waals surface area (Å²) in [5.74, 6) is -0.00231. The summed E-state index contributed by atoms with van der Waals surface area (Å²) >= 11 is 0. The van der Waals surface area contributed by atoms with Crippen molar-refractivity contribution in [1.29, 1.82) is 0 Å². The average molecular weight is 230 g/mol. The number of hydrogen-bond acceptors (Lipinski definition) is 3. The maximum atomic E-state index is 11.7. The van der Waals surface area contributed by atoms with Gasteiger partial charge in [0.25, 0.3) is 0 Å². The molecule has 0 bridgehead atoms. The fourth-order valence-corrected chi connectivity index (χ4v) is 1.89. The van der Waals surface area contributed by atoms with Crippen molar-refractivity contribution in [3.63, 3.8) is 0 Å². The van der Waals surface area contributed by atoms with Crippen LogP contribution in [0, 0.1) is 11.8 Å². The molecule has 0 aromatic heterocycles. The monoisotopic (exact) mass is 230 g/mol. The van der Waals surface area contributed by atoms with Crippen molar-refractivity contribution in [2.45, 2.75) is 59.5 Å². The molecule has 0 amide bonds. The molecule has 3 nitrogen and oxygen atoms in total. The summed E-state index contributed by atoms with van der Waals surface area (Å²) in [4.78, 5) is 11.7. The van der Waals surface area contributed by atoms with E-state index in [0.29, 0.717) is 12.5 Å². The van der Waals surface area contributed by atoms with E-state index < -0.39 is 11.6 Å². The molecular formula is C13H26O3. The van der Waals surface area contributed by atoms with Crippen molar-refractivity contribution in [1.82, 2.24) is 0 Å². The van der Waals surface area contributed by atoms with Crippen LogP contribution in [-0.4, -0.2) is 23.3 Å². The molecule has 0 fully saturated rings. The summed E-state index contributed by atoms with van der Waals surface area (Å²) in [5, 5.41) is 10.2. The van der Waals surface area contributed by atoms with Gasteiger partial charge in [0.15, 0.2) is 5.60 Å². The van der Waals surface area contributed by atoms with E-state index in [9.17, 15) is 9.90 Å². The second-order valence-electron chi connectivity index (χ2n) is 4.72. The number of ether oxygens (including phenoxy) is 1. The summed E-state index contributed by atoms with van der Waals surface area (Å²) in [6.45, 7) is 9.90. The van der Waals surface area contributed by atoms with Crippen LogP contribution in [-0.2, 0) is 9.53 Å². The van der Waals surface area contributed by atoms with Crippen molar-refractivity contribution in [3.05, 3.63) is 0 Å². The van der Waals surface area contributed by atoms with Crippen molar-refractivity contribution in [2.75, 3.05) is 6.61 Å². The van der Waals surface area contributed by atoms with Crippen LogP contribution in [0.1, 0.15) is 53.9 Å². The predicted molar refractivity (Wildman–Crippen MR) is 65.1 cm³/mol. The highest BCUT2D eigenvalue weighted by Crippen LogP contribution is 2.29. The fraction of sp³-hybridized carbons (Fsp3) is 0.923. The first kappa shape index (κ1) is 15.4. The maximum absolute atomic E-state index is 11.7. The minimum absolute atomic E-state index is 0.0264. The van der Waals surface area contributed by atoms with Gasteiger partial charge in [-0.1, -0.05) is 27.2 Å². The molecule has 3 unspecified atom stereocenters. The van der Waals surface area contributed by atoms with E-state index in [-0.39, 0.29) is 5.92 Å². The largest absolute Gasteiger partial charge is 0.464 e. The van der Waals surface area contributed by atoms with Gasteiger partial charge in [0, 0.05) is 0 Å². The minimum atomic E-state index is -1.35. The molecule has 0 heterocycles. The molecule has 0 saturated heterocycles. The number of carbonyl (C=O) groups is 1. The zero-order valence-corrected chi connectivity index (χ0v) is 11.2. The normalized spacial score (nSPS) is 18.6.